The summed E-state index contributed by atoms with van der Waals surface area (Å²) in [5.74, 6) is -0.966. The van der Waals surface area contributed by atoms with Crippen molar-refractivity contribution in [2.45, 2.75) is 17.7 Å². The molecule has 0 aliphatic carbocycles. The number of piperidine rings is 1. The molecule has 0 saturated carbocycles. The number of rotatable bonds is 6. The van der Waals surface area contributed by atoms with Crippen LogP contribution in [0.5, 0.6) is 0 Å². The molecule has 4 heterocycles. The third kappa shape index (κ3) is 4.56. The molecule has 3 aromatic rings. The van der Waals surface area contributed by atoms with E-state index in [0.717, 1.165) is 0 Å². The second-order valence-electron chi connectivity index (χ2n) is 7.19. The van der Waals surface area contributed by atoms with Gasteiger partial charge in [-0.1, -0.05) is 0 Å². The van der Waals surface area contributed by atoms with Crippen LogP contribution in [0.4, 0.5) is 5.13 Å². The second kappa shape index (κ2) is 9.18. The van der Waals surface area contributed by atoms with Gasteiger partial charge in [-0.05, 0) is 31.0 Å². The maximum Gasteiger partial charge on any atom is 0.354 e. The molecule has 1 amide bonds. The van der Waals surface area contributed by atoms with Crippen LogP contribution in [0.1, 0.15) is 23.3 Å². The van der Waals surface area contributed by atoms with Gasteiger partial charge in [0.05, 0.1) is 12.8 Å². The quantitative estimate of drug-likeness (QED) is 0.523. The molecule has 1 aliphatic rings. The van der Waals surface area contributed by atoms with E-state index in [9.17, 15) is 18.0 Å². The first-order chi connectivity index (χ1) is 15.4. The summed E-state index contributed by atoms with van der Waals surface area (Å²) in [6.45, 7) is 0.524. The van der Waals surface area contributed by atoms with Crippen molar-refractivity contribution in [3.8, 4) is 11.3 Å². The highest BCUT2D eigenvalue weighted by atomic mass is 32.2. The van der Waals surface area contributed by atoms with E-state index >= 15 is 0 Å². The number of aromatic amines is 1. The summed E-state index contributed by atoms with van der Waals surface area (Å²) in [7, 11) is -2.31. The number of nitrogens with zero attached hydrogens (tertiary/aromatic N) is 3. The molecule has 4 rings (SSSR count). The van der Waals surface area contributed by atoms with Crippen LogP contribution in [-0.4, -0.2) is 59.8 Å². The van der Waals surface area contributed by atoms with Crippen LogP contribution in [0, 0.1) is 5.92 Å². The van der Waals surface area contributed by atoms with Crippen LogP contribution >= 0.6 is 11.3 Å². The largest absolute Gasteiger partial charge is 0.464 e. The highest BCUT2D eigenvalue weighted by Gasteiger charge is 2.32. The molecular weight excluding hydrogens is 454 g/mol. The van der Waals surface area contributed by atoms with Gasteiger partial charge in [0.25, 0.3) is 0 Å². The normalized spacial score (nSPS) is 15.4. The van der Waals surface area contributed by atoms with E-state index in [-0.39, 0.29) is 29.8 Å². The predicted molar refractivity (Wildman–Crippen MR) is 118 cm³/mol. The zero-order chi connectivity index (χ0) is 22.7. The Morgan fingerprint density at radius 1 is 1.31 bits per heavy atom. The zero-order valence-corrected chi connectivity index (χ0v) is 18.8. The number of nitrogens with one attached hydrogen (secondary N) is 2. The number of amides is 1. The number of carbonyl (C=O) groups is 2. The van der Waals surface area contributed by atoms with Crippen LogP contribution in [0.15, 0.2) is 47.1 Å². The van der Waals surface area contributed by atoms with Crippen molar-refractivity contribution in [2.75, 3.05) is 25.5 Å². The van der Waals surface area contributed by atoms with Crippen LogP contribution in [-0.2, 0) is 19.6 Å². The molecule has 0 unspecified atom stereocenters. The van der Waals surface area contributed by atoms with Gasteiger partial charge in [0.1, 0.15) is 10.6 Å². The summed E-state index contributed by atoms with van der Waals surface area (Å²) in [6, 6.07) is 4.73. The van der Waals surface area contributed by atoms with Gasteiger partial charge >= 0.3 is 5.97 Å². The third-order valence-corrected chi connectivity index (χ3v) is 7.86. The summed E-state index contributed by atoms with van der Waals surface area (Å²) in [5.41, 5.74) is 1.64. The maximum atomic E-state index is 12.7. The summed E-state index contributed by atoms with van der Waals surface area (Å²) in [6.07, 6.45) is 5.33. The van der Waals surface area contributed by atoms with Crippen LogP contribution in [0.25, 0.3) is 11.3 Å². The minimum absolute atomic E-state index is 0.151. The fourth-order valence-electron chi connectivity index (χ4n) is 3.45. The Hall–Kier alpha value is -3.09. The van der Waals surface area contributed by atoms with Crippen molar-refractivity contribution < 1.29 is 22.7 Å². The molecular formula is C20H21N5O5S2. The first-order valence-corrected chi connectivity index (χ1v) is 12.1. The van der Waals surface area contributed by atoms with Crippen molar-refractivity contribution in [1.82, 2.24) is 19.3 Å². The molecule has 168 valence electrons. The molecule has 0 atom stereocenters. The standard InChI is InChI=1S/C20H21N5O5S2/c1-30-19(27)16-9-14(10-22-16)17-12-31-20(23-17)24-18(26)13-4-7-25(8-5-13)32(28,29)15-3-2-6-21-11-15/h2-3,6,9-13,22H,4-5,7-8H2,1H3,(H,23,24,26). The lowest BCUT2D eigenvalue weighted by molar-refractivity contribution is -0.120. The van der Waals surface area contributed by atoms with Crippen molar-refractivity contribution in [3.05, 3.63) is 47.9 Å². The predicted octanol–water partition coefficient (Wildman–Crippen LogP) is 2.36. The lowest BCUT2D eigenvalue weighted by Crippen LogP contribution is -2.41. The number of sulfonamides is 1. The number of pyridine rings is 1. The van der Waals surface area contributed by atoms with Gasteiger partial charge in [-0.25, -0.2) is 18.2 Å². The second-order valence-corrected chi connectivity index (χ2v) is 9.98. The molecule has 0 aromatic carbocycles. The Bertz CT molecular complexity index is 1210. The molecule has 0 radical (unpaired) electrons. The molecule has 1 aliphatic heterocycles. The molecule has 3 aromatic heterocycles. The van der Waals surface area contributed by atoms with Crippen molar-refractivity contribution in [2.24, 2.45) is 5.92 Å². The number of esters is 1. The molecule has 0 bridgehead atoms. The molecule has 2 N–H and O–H groups in total. The van der Waals surface area contributed by atoms with Crippen molar-refractivity contribution in [3.63, 3.8) is 0 Å². The minimum atomic E-state index is -3.61. The summed E-state index contributed by atoms with van der Waals surface area (Å²) in [4.78, 5) is 35.5. The van der Waals surface area contributed by atoms with Crippen LogP contribution in [0.3, 0.4) is 0 Å². The van der Waals surface area contributed by atoms with E-state index in [2.05, 4.69) is 25.0 Å². The first kappa shape index (κ1) is 22.1. The average Bonchev–Trinajstić information content (AvgIpc) is 3.49. The van der Waals surface area contributed by atoms with E-state index in [1.165, 1.54) is 41.2 Å². The molecule has 10 nitrogen and oxygen atoms in total. The summed E-state index contributed by atoms with van der Waals surface area (Å²) in [5, 5.41) is 5.04. The van der Waals surface area contributed by atoms with Crippen LogP contribution < -0.4 is 5.32 Å². The number of H-pyrrole nitrogens is 1. The lowest BCUT2D eigenvalue weighted by atomic mass is 9.97. The highest BCUT2D eigenvalue weighted by Crippen LogP contribution is 2.28. The number of aromatic nitrogens is 3. The highest BCUT2D eigenvalue weighted by molar-refractivity contribution is 7.89. The smallest absolute Gasteiger partial charge is 0.354 e. The first-order valence-electron chi connectivity index (χ1n) is 9.82. The number of anilines is 1. The monoisotopic (exact) mass is 475 g/mol. The Labute approximate surface area is 188 Å². The minimum Gasteiger partial charge on any atom is -0.464 e. The van der Waals surface area contributed by atoms with Crippen LogP contribution in [0.2, 0.25) is 0 Å². The van der Waals surface area contributed by atoms with Gasteiger partial charge in [-0.3, -0.25) is 9.78 Å². The summed E-state index contributed by atoms with van der Waals surface area (Å²) < 4.78 is 31.5. The molecule has 32 heavy (non-hydrogen) atoms. The SMILES string of the molecule is COC(=O)c1cc(-c2csc(NC(=O)C3CCN(S(=O)(=O)c4cccnc4)CC3)n2)c[nH]1. The summed E-state index contributed by atoms with van der Waals surface area (Å²) >= 11 is 1.28. The molecule has 1 saturated heterocycles. The van der Waals surface area contributed by atoms with Gasteiger partial charge in [0.2, 0.25) is 15.9 Å². The van der Waals surface area contributed by atoms with Crippen molar-refractivity contribution in [1.29, 1.82) is 0 Å². The van der Waals surface area contributed by atoms with E-state index in [1.807, 2.05) is 0 Å². The van der Waals surface area contributed by atoms with Gasteiger partial charge in [0.15, 0.2) is 5.13 Å². The Balaban J connectivity index is 1.35. The molecule has 12 heteroatoms. The number of carbonyl (C=O) groups excluding carboxylic acids is 2. The molecule has 0 spiro atoms. The van der Waals surface area contributed by atoms with E-state index in [0.29, 0.717) is 34.9 Å². The Morgan fingerprint density at radius 3 is 2.78 bits per heavy atom. The number of methoxy groups -OCH3 is 1. The molecule has 1 fully saturated rings. The van der Waals surface area contributed by atoms with Gasteiger partial charge in [0, 0.05) is 48.5 Å². The number of ether oxygens (including phenoxy) is 1. The maximum absolute atomic E-state index is 12.7. The fraction of sp³-hybridized carbons (Fsp3) is 0.300. The Kier molecular flexibility index (Phi) is 6.35. The lowest BCUT2D eigenvalue weighted by Gasteiger charge is -2.30. The average molecular weight is 476 g/mol. The van der Waals surface area contributed by atoms with Gasteiger partial charge < -0.3 is 15.0 Å². The van der Waals surface area contributed by atoms with Gasteiger partial charge in [-0.2, -0.15) is 4.31 Å². The Morgan fingerprint density at radius 2 is 2.09 bits per heavy atom. The van der Waals surface area contributed by atoms with E-state index in [4.69, 9.17) is 0 Å². The topological polar surface area (TPSA) is 134 Å². The number of hydrogen-bond donors (Lipinski definition) is 2. The third-order valence-electron chi connectivity index (χ3n) is 5.22. The fourth-order valence-corrected chi connectivity index (χ4v) is 5.61. The van der Waals surface area contributed by atoms with Gasteiger partial charge in [-0.15, -0.1) is 11.3 Å². The van der Waals surface area contributed by atoms with E-state index in [1.54, 1.807) is 23.7 Å². The number of thiazole rings is 1. The number of hydrogen-bond acceptors (Lipinski definition) is 8. The van der Waals surface area contributed by atoms with E-state index < -0.39 is 16.0 Å². The zero-order valence-electron chi connectivity index (χ0n) is 17.1. The van der Waals surface area contributed by atoms with Crippen molar-refractivity contribution >= 4 is 38.4 Å².